The quantitative estimate of drug-likeness (QED) is 0.687. The summed E-state index contributed by atoms with van der Waals surface area (Å²) in [5.41, 5.74) is 0.323. The lowest BCUT2D eigenvalue weighted by molar-refractivity contribution is -0.158. The molecule has 8 nitrogen and oxygen atoms in total. The minimum atomic E-state index is -0.859. The van der Waals surface area contributed by atoms with Crippen molar-refractivity contribution >= 4 is 18.0 Å². The summed E-state index contributed by atoms with van der Waals surface area (Å²) in [6.07, 6.45) is -0.546. The number of ether oxygens (including phenoxy) is 3. The number of esters is 1. The molecule has 0 radical (unpaired) electrons. The third-order valence-corrected chi connectivity index (χ3v) is 4.15. The van der Waals surface area contributed by atoms with Crippen LogP contribution in [0.5, 0.6) is 0 Å². The van der Waals surface area contributed by atoms with Crippen LogP contribution < -0.4 is 0 Å². The fourth-order valence-corrected chi connectivity index (χ4v) is 2.78. The molecule has 0 aromatic heterocycles. The standard InChI is InChI=1S/C20H28N2O6/c1-20(2,3)28-19(25)21-10-11-22(17(23)12-21)16(18(24)26-4)14-27-13-15-8-6-5-7-9-15/h5-9,16H,10-14H2,1-4H3/t16-/m0/s1. The van der Waals surface area contributed by atoms with E-state index in [1.807, 2.05) is 30.3 Å². The summed E-state index contributed by atoms with van der Waals surface area (Å²) in [6, 6.07) is 8.67. The summed E-state index contributed by atoms with van der Waals surface area (Å²) >= 11 is 0. The number of methoxy groups -OCH3 is 1. The first-order chi connectivity index (χ1) is 13.2. The number of hydrogen-bond acceptors (Lipinski definition) is 6. The number of amides is 2. The largest absolute Gasteiger partial charge is 0.467 e. The van der Waals surface area contributed by atoms with Crippen LogP contribution in [0.2, 0.25) is 0 Å². The predicted octanol–water partition coefficient (Wildman–Crippen LogP) is 1.82. The van der Waals surface area contributed by atoms with Gasteiger partial charge in [0.1, 0.15) is 12.1 Å². The van der Waals surface area contributed by atoms with Crippen LogP contribution in [0.1, 0.15) is 26.3 Å². The normalized spacial score (nSPS) is 15.9. The Morgan fingerprint density at radius 3 is 2.39 bits per heavy atom. The van der Waals surface area contributed by atoms with E-state index in [-0.39, 0.29) is 32.1 Å². The summed E-state index contributed by atoms with van der Waals surface area (Å²) in [4.78, 5) is 39.7. The van der Waals surface area contributed by atoms with Gasteiger partial charge in [0, 0.05) is 13.1 Å². The molecule has 1 aromatic carbocycles. The van der Waals surface area contributed by atoms with Crippen molar-refractivity contribution in [3.63, 3.8) is 0 Å². The lowest BCUT2D eigenvalue weighted by Gasteiger charge is -2.38. The minimum absolute atomic E-state index is 0.0136. The van der Waals surface area contributed by atoms with Gasteiger partial charge in [0.05, 0.1) is 20.3 Å². The van der Waals surface area contributed by atoms with Gasteiger partial charge < -0.3 is 19.1 Å². The zero-order chi connectivity index (χ0) is 20.7. The van der Waals surface area contributed by atoms with Crippen LogP contribution in [-0.4, -0.2) is 72.8 Å². The number of nitrogens with zero attached hydrogens (tertiary/aromatic N) is 2. The topological polar surface area (TPSA) is 85.4 Å². The number of carbonyl (C=O) groups is 3. The van der Waals surface area contributed by atoms with E-state index in [4.69, 9.17) is 14.2 Å². The monoisotopic (exact) mass is 392 g/mol. The van der Waals surface area contributed by atoms with Gasteiger partial charge in [-0.1, -0.05) is 30.3 Å². The maximum absolute atomic E-state index is 12.6. The average Bonchev–Trinajstić information content (AvgIpc) is 2.64. The van der Waals surface area contributed by atoms with Crippen LogP contribution >= 0.6 is 0 Å². The van der Waals surface area contributed by atoms with Gasteiger partial charge in [-0.2, -0.15) is 0 Å². The van der Waals surface area contributed by atoms with E-state index in [0.29, 0.717) is 6.61 Å². The maximum Gasteiger partial charge on any atom is 0.410 e. The van der Waals surface area contributed by atoms with E-state index in [1.54, 1.807) is 20.8 Å². The van der Waals surface area contributed by atoms with Gasteiger partial charge in [-0.25, -0.2) is 9.59 Å². The lowest BCUT2D eigenvalue weighted by Crippen LogP contribution is -2.59. The second kappa shape index (κ2) is 9.54. The molecule has 0 unspecified atom stereocenters. The third-order valence-electron chi connectivity index (χ3n) is 4.15. The van der Waals surface area contributed by atoms with Crippen molar-refractivity contribution in [1.29, 1.82) is 0 Å². The Morgan fingerprint density at radius 2 is 1.82 bits per heavy atom. The van der Waals surface area contributed by atoms with Crippen LogP contribution in [0.3, 0.4) is 0 Å². The second-order valence-corrected chi connectivity index (χ2v) is 7.53. The molecular formula is C20H28N2O6. The molecule has 0 spiro atoms. The van der Waals surface area contributed by atoms with E-state index >= 15 is 0 Å². The molecule has 0 N–H and O–H groups in total. The van der Waals surface area contributed by atoms with Crippen molar-refractivity contribution in [2.45, 2.75) is 39.0 Å². The van der Waals surface area contributed by atoms with Crippen molar-refractivity contribution in [2.24, 2.45) is 0 Å². The van der Waals surface area contributed by atoms with Gasteiger partial charge in [-0.3, -0.25) is 9.69 Å². The zero-order valence-corrected chi connectivity index (χ0v) is 16.8. The summed E-state index contributed by atoms with van der Waals surface area (Å²) in [7, 11) is 1.27. The molecule has 154 valence electrons. The van der Waals surface area contributed by atoms with Gasteiger partial charge in [-0.05, 0) is 26.3 Å². The molecular weight excluding hydrogens is 364 g/mol. The Labute approximate surface area is 165 Å². The molecule has 1 aliphatic rings. The SMILES string of the molecule is COC(=O)[C@H](COCc1ccccc1)N1CCN(C(=O)OC(C)(C)C)CC1=O. The number of carbonyl (C=O) groups excluding carboxylic acids is 3. The fourth-order valence-electron chi connectivity index (χ4n) is 2.78. The molecule has 1 saturated heterocycles. The fraction of sp³-hybridized carbons (Fsp3) is 0.550. The molecule has 2 amide bonds. The Morgan fingerprint density at radius 1 is 1.14 bits per heavy atom. The van der Waals surface area contributed by atoms with Gasteiger partial charge >= 0.3 is 12.1 Å². The second-order valence-electron chi connectivity index (χ2n) is 7.53. The van der Waals surface area contributed by atoms with Gasteiger partial charge in [-0.15, -0.1) is 0 Å². The summed E-state index contributed by atoms with van der Waals surface area (Å²) in [5.74, 6) is -0.900. The Hall–Kier alpha value is -2.61. The number of piperazine rings is 1. The molecule has 1 atom stereocenters. The summed E-state index contributed by atoms with van der Waals surface area (Å²) in [6.45, 7) is 5.95. The van der Waals surface area contributed by atoms with Crippen molar-refractivity contribution in [2.75, 3.05) is 33.4 Å². The van der Waals surface area contributed by atoms with Gasteiger partial charge in [0.2, 0.25) is 5.91 Å². The van der Waals surface area contributed by atoms with Gasteiger partial charge in [0.15, 0.2) is 6.04 Å². The van der Waals surface area contributed by atoms with E-state index < -0.39 is 23.7 Å². The van der Waals surface area contributed by atoms with E-state index in [0.717, 1.165) is 5.56 Å². The van der Waals surface area contributed by atoms with E-state index in [1.165, 1.54) is 16.9 Å². The van der Waals surface area contributed by atoms with Crippen LogP contribution in [0.15, 0.2) is 30.3 Å². The first kappa shape index (κ1) is 21.7. The lowest BCUT2D eigenvalue weighted by atomic mass is 10.2. The number of rotatable bonds is 6. The predicted molar refractivity (Wildman–Crippen MR) is 101 cm³/mol. The highest BCUT2D eigenvalue weighted by Crippen LogP contribution is 2.15. The molecule has 28 heavy (non-hydrogen) atoms. The molecule has 8 heteroatoms. The highest BCUT2D eigenvalue weighted by atomic mass is 16.6. The van der Waals surface area contributed by atoms with Crippen LogP contribution in [-0.2, 0) is 30.4 Å². The van der Waals surface area contributed by atoms with Crippen LogP contribution in [0, 0.1) is 0 Å². The summed E-state index contributed by atoms with van der Waals surface area (Å²) < 4.78 is 15.8. The molecule has 2 rings (SSSR count). The molecule has 0 aliphatic carbocycles. The van der Waals surface area contributed by atoms with Crippen molar-refractivity contribution < 1.29 is 28.6 Å². The van der Waals surface area contributed by atoms with Crippen molar-refractivity contribution in [3.05, 3.63) is 35.9 Å². The van der Waals surface area contributed by atoms with Crippen molar-refractivity contribution in [1.82, 2.24) is 9.80 Å². The first-order valence-corrected chi connectivity index (χ1v) is 9.18. The van der Waals surface area contributed by atoms with E-state index in [9.17, 15) is 14.4 Å². The Kier molecular flexibility index (Phi) is 7.39. The average molecular weight is 392 g/mol. The van der Waals surface area contributed by atoms with E-state index in [2.05, 4.69) is 0 Å². The Bertz CT molecular complexity index is 686. The van der Waals surface area contributed by atoms with Crippen LogP contribution in [0.25, 0.3) is 0 Å². The molecule has 1 heterocycles. The molecule has 1 fully saturated rings. The molecule has 0 saturated carbocycles. The number of benzene rings is 1. The highest BCUT2D eigenvalue weighted by Gasteiger charge is 2.37. The van der Waals surface area contributed by atoms with Crippen LogP contribution in [0.4, 0.5) is 4.79 Å². The molecule has 0 bridgehead atoms. The smallest absolute Gasteiger partial charge is 0.410 e. The third kappa shape index (κ3) is 6.23. The summed E-state index contributed by atoms with van der Waals surface area (Å²) in [5, 5.41) is 0. The Balaban J connectivity index is 1.96. The minimum Gasteiger partial charge on any atom is -0.467 e. The highest BCUT2D eigenvalue weighted by molar-refractivity contribution is 5.88. The maximum atomic E-state index is 12.6. The molecule has 1 aromatic rings. The zero-order valence-electron chi connectivity index (χ0n) is 16.8. The first-order valence-electron chi connectivity index (χ1n) is 9.18. The number of hydrogen-bond donors (Lipinski definition) is 0. The van der Waals surface area contributed by atoms with Crippen molar-refractivity contribution in [3.8, 4) is 0 Å². The molecule has 1 aliphatic heterocycles. The van der Waals surface area contributed by atoms with Gasteiger partial charge in [0.25, 0.3) is 0 Å².